The zero-order valence-electron chi connectivity index (χ0n) is 16.8. The number of hydrogen-bond acceptors (Lipinski definition) is 2. The van der Waals surface area contributed by atoms with Crippen molar-refractivity contribution in [3.05, 3.63) is 65.2 Å². The standard InChI is InChI=1S/C22H28N4O.HI/c1-4-23-22(26-15-13-18-9-5-6-11-20(18)26)24-14-12-17-8-7-10-19(16-17)21(27)25(2)3;/h5-11,16H,4,12-15H2,1-3H3,(H,23,24);1H. The van der Waals surface area contributed by atoms with Gasteiger partial charge in [0.2, 0.25) is 0 Å². The zero-order chi connectivity index (χ0) is 19.2. The molecule has 0 saturated carbocycles. The molecule has 150 valence electrons. The highest BCUT2D eigenvalue weighted by molar-refractivity contribution is 14.0. The number of guanidine groups is 1. The first-order valence-electron chi connectivity index (χ1n) is 9.54. The number of halogens is 1. The van der Waals surface area contributed by atoms with Gasteiger partial charge >= 0.3 is 0 Å². The van der Waals surface area contributed by atoms with Crippen molar-refractivity contribution < 1.29 is 4.79 Å². The molecule has 0 bridgehead atoms. The van der Waals surface area contributed by atoms with Gasteiger partial charge in [-0.3, -0.25) is 9.79 Å². The van der Waals surface area contributed by atoms with Crippen molar-refractivity contribution in [1.82, 2.24) is 10.2 Å². The van der Waals surface area contributed by atoms with E-state index in [4.69, 9.17) is 4.99 Å². The molecule has 1 amide bonds. The molecule has 0 saturated heterocycles. The maximum Gasteiger partial charge on any atom is 0.253 e. The number of amides is 1. The molecule has 0 spiro atoms. The summed E-state index contributed by atoms with van der Waals surface area (Å²) in [4.78, 5) is 20.8. The smallest absolute Gasteiger partial charge is 0.253 e. The van der Waals surface area contributed by atoms with Gasteiger partial charge in [0.25, 0.3) is 5.91 Å². The van der Waals surface area contributed by atoms with Gasteiger partial charge in [0.05, 0.1) is 0 Å². The van der Waals surface area contributed by atoms with Crippen LogP contribution in [0.3, 0.4) is 0 Å². The Morgan fingerprint density at radius 2 is 1.96 bits per heavy atom. The van der Waals surface area contributed by atoms with Crippen LogP contribution < -0.4 is 10.2 Å². The summed E-state index contributed by atoms with van der Waals surface area (Å²) < 4.78 is 0. The maximum atomic E-state index is 12.1. The molecule has 6 heteroatoms. The largest absolute Gasteiger partial charge is 0.356 e. The van der Waals surface area contributed by atoms with E-state index in [9.17, 15) is 4.79 Å². The first kappa shape index (κ1) is 22.2. The number of fused-ring (bicyclic) bond motifs is 1. The van der Waals surface area contributed by atoms with Crippen LogP contribution in [-0.2, 0) is 12.8 Å². The van der Waals surface area contributed by atoms with E-state index >= 15 is 0 Å². The van der Waals surface area contributed by atoms with Crippen LogP contribution in [0.1, 0.15) is 28.4 Å². The molecule has 28 heavy (non-hydrogen) atoms. The molecule has 0 fully saturated rings. The van der Waals surface area contributed by atoms with Gasteiger partial charge in [-0.25, -0.2) is 0 Å². The maximum absolute atomic E-state index is 12.1. The Balaban J connectivity index is 0.00000280. The van der Waals surface area contributed by atoms with Gasteiger partial charge in [-0.2, -0.15) is 0 Å². The highest BCUT2D eigenvalue weighted by Crippen LogP contribution is 2.27. The minimum Gasteiger partial charge on any atom is -0.356 e. The molecule has 0 atom stereocenters. The summed E-state index contributed by atoms with van der Waals surface area (Å²) in [6.45, 7) is 4.57. The zero-order valence-corrected chi connectivity index (χ0v) is 19.1. The number of hydrogen-bond donors (Lipinski definition) is 1. The second-order valence-electron chi connectivity index (χ2n) is 6.92. The monoisotopic (exact) mass is 492 g/mol. The second kappa shape index (κ2) is 10.5. The fraction of sp³-hybridized carbons (Fsp3) is 0.364. The van der Waals surface area contributed by atoms with E-state index in [2.05, 4.69) is 47.5 Å². The Morgan fingerprint density at radius 3 is 2.71 bits per heavy atom. The molecule has 2 aromatic carbocycles. The quantitative estimate of drug-likeness (QED) is 0.395. The molecular formula is C22H29IN4O. The van der Waals surface area contributed by atoms with Gasteiger partial charge in [-0.15, -0.1) is 24.0 Å². The van der Waals surface area contributed by atoms with Crippen LogP contribution in [-0.4, -0.2) is 50.5 Å². The molecule has 3 rings (SSSR count). The summed E-state index contributed by atoms with van der Waals surface area (Å²) in [6.07, 6.45) is 1.86. The fourth-order valence-electron chi connectivity index (χ4n) is 3.36. The minimum absolute atomic E-state index is 0. The second-order valence-corrected chi connectivity index (χ2v) is 6.92. The van der Waals surface area contributed by atoms with Crippen LogP contribution in [0.4, 0.5) is 5.69 Å². The summed E-state index contributed by atoms with van der Waals surface area (Å²) in [5, 5.41) is 3.41. The number of nitrogens with zero attached hydrogens (tertiary/aromatic N) is 3. The van der Waals surface area contributed by atoms with Gasteiger partial charge in [0.15, 0.2) is 5.96 Å². The molecule has 2 aromatic rings. The van der Waals surface area contributed by atoms with Crippen molar-refractivity contribution in [3.63, 3.8) is 0 Å². The third-order valence-corrected chi connectivity index (χ3v) is 4.72. The van der Waals surface area contributed by atoms with Gasteiger partial charge in [0, 0.05) is 45.0 Å². The number of nitrogens with one attached hydrogen (secondary N) is 1. The van der Waals surface area contributed by atoms with Crippen molar-refractivity contribution in [2.45, 2.75) is 19.8 Å². The minimum atomic E-state index is 0. The van der Waals surface area contributed by atoms with Crippen LogP contribution in [0.2, 0.25) is 0 Å². The lowest BCUT2D eigenvalue weighted by Crippen LogP contribution is -2.40. The average molecular weight is 492 g/mol. The highest BCUT2D eigenvalue weighted by Gasteiger charge is 2.22. The predicted octanol–water partition coefficient (Wildman–Crippen LogP) is 3.58. The number of anilines is 1. The molecule has 0 radical (unpaired) electrons. The van der Waals surface area contributed by atoms with E-state index in [1.165, 1.54) is 11.3 Å². The van der Waals surface area contributed by atoms with Crippen molar-refractivity contribution in [2.75, 3.05) is 38.6 Å². The number of para-hydroxylation sites is 1. The van der Waals surface area contributed by atoms with E-state index in [-0.39, 0.29) is 29.9 Å². The normalized spacial score (nSPS) is 13.0. The fourth-order valence-corrected chi connectivity index (χ4v) is 3.36. The molecule has 1 aliphatic heterocycles. The average Bonchev–Trinajstić information content (AvgIpc) is 3.11. The summed E-state index contributed by atoms with van der Waals surface area (Å²) in [6, 6.07) is 16.3. The van der Waals surface area contributed by atoms with Gasteiger partial charge in [-0.05, 0) is 49.1 Å². The third-order valence-electron chi connectivity index (χ3n) is 4.72. The molecule has 1 N–H and O–H groups in total. The number of rotatable bonds is 5. The summed E-state index contributed by atoms with van der Waals surface area (Å²) in [5.74, 6) is 0.963. The van der Waals surface area contributed by atoms with Crippen molar-refractivity contribution >= 4 is 41.5 Å². The lowest BCUT2D eigenvalue weighted by molar-refractivity contribution is 0.0827. The molecule has 5 nitrogen and oxygen atoms in total. The Bertz CT molecular complexity index is 835. The van der Waals surface area contributed by atoms with E-state index in [0.717, 1.165) is 43.0 Å². The summed E-state index contributed by atoms with van der Waals surface area (Å²) in [5.41, 5.74) is 4.47. The van der Waals surface area contributed by atoms with Crippen molar-refractivity contribution in [1.29, 1.82) is 0 Å². The van der Waals surface area contributed by atoms with Crippen LogP contribution in [0.5, 0.6) is 0 Å². The lowest BCUT2D eigenvalue weighted by atomic mass is 10.1. The lowest BCUT2D eigenvalue weighted by Gasteiger charge is -2.22. The first-order valence-corrected chi connectivity index (χ1v) is 9.54. The Morgan fingerprint density at radius 1 is 1.18 bits per heavy atom. The summed E-state index contributed by atoms with van der Waals surface area (Å²) >= 11 is 0. The Labute approximate surface area is 184 Å². The van der Waals surface area contributed by atoms with Gasteiger partial charge in [-0.1, -0.05) is 30.3 Å². The van der Waals surface area contributed by atoms with Crippen LogP contribution >= 0.6 is 24.0 Å². The third kappa shape index (κ3) is 5.25. The molecule has 1 aliphatic rings. The van der Waals surface area contributed by atoms with Gasteiger partial charge in [0.1, 0.15) is 0 Å². The predicted molar refractivity (Wildman–Crippen MR) is 127 cm³/mol. The molecule has 0 aliphatic carbocycles. The first-order chi connectivity index (χ1) is 13.1. The molecule has 0 aromatic heterocycles. The van der Waals surface area contributed by atoms with E-state index in [1.54, 1.807) is 19.0 Å². The van der Waals surface area contributed by atoms with E-state index in [0.29, 0.717) is 6.54 Å². The number of carbonyl (C=O) groups is 1. The molecular weight excluding hydrogens is 463 g/mol. The van der Waals surface area contributed by atoms with Crippen LogP contribution in [0.15, 0.2) is 53.5 Å². The van der Waals surface area contributed by atoms with E-state index in [1.807, 2.05) is 18.2 Å². The molecule has 1 heterocycles. The van der Waals surface area contributed by atoms with Crippen LogP contribution in [0, 0.1) is 0 Å². The van der Waals surface area contributed by atoms with Gasteiger partial charge < -0.3 is 15.1 Å². The van der Waals surface area contributed by atoms with E-state index < -0.39 is 0 Å². The number of benzene rings is 2. The van der Waals surface area contributed by atoms with Crippen molar-refractivity contribution in [3.8, 4) is 0 Å². The number of aliphatic imine (C=N–C) groups is 1. The van der Waals surface area contributed by atoms with Crippen LogP contribution in [0.25, 0.3) is 0 Å². The Hall–Kier alpha value is -2.09. The topological polar surface area (TPSA) is 47.9 Å². The van der Waals surface area contributed by atoms with Crippen molar-refractivity contribution in [2.24, 2.45) is 4.99 Å². The highest BCUT2D eigenvalue weighted by atomic mass is 127. The Kier molecular flexibility index (Phi) is 8.29. The number of carbonyl (C=O) groups excluding carboxylic acids is 1. The SMILES string of the molecule is CCNC(=NCCc1cccc(C(=O)N(C)C)c1)N1CCc2ccccc21.I. The summed E-state index contributed by atoms with van der Waals surface area (Å²) in [7, 11) is 3.55. The molecule has 0 unspecified atom stereocenters.